The zero-order valence-electron chi connectivity index (χ0n) is 7.66. The van der Waals surface area contributed by atoms with Gasteiger partial charge in [-0.3, -0.25) is 0 Å². The smallest absolute Gasteiger partial charge is 0.137 e. The van der Waals surface area contributed by atoms with Crippen LogP contribution in [0.2, 0.25) is 0 Å². The Labute approximate surface area is 73.4 Å². The molecule has 1 fully saturated rings. The Bertz CT molecular complexity index is 136. The summed E-state index contributed by atoms with van der Waals surface area (Å²) in [4.78, 5) is 2.27. The maximum Gasteiger partial charge on any atom is 0.137 e. The van der Waals surface area contributed by atoms with Crippen LogP contribution in [0.1, 0.15) is 6.92 Å². The molecule has 4 nitrogen and oxygen atoms in total. The van der Waals surface area contributed by atoms with E-state index in [4.69, 9.17) is 15.1 Å². The number of nitrogens with zero attached hydrogens (tertiary/aromatic N) is 2. The Balaban J connectivity index is 0.000000217. The number of aliphatic hydroxyl groups excluding tert-OH is 1. The van der Waals surface area contributed by atoms with Gasteiger partial charge in [-0.05, 0) is 14.0 Å². The van der Waals surface area contributed by atoms with Crippen molar-refractivity contribution in [3.63, 3.8) is 0 Å². The van der Waals surface area contributed by atoms with Gasteiger partial charge in [-0.25, -0.2) is 0 Å². The molecule has 4 heteroatoms. The molecule has 1 atom stereocenters. The average molecular weight is 172 g/mol. The molecule has 0 bridgehead atoms. The summed E-state index contributed by atoms with van der Waals surface area (Å²) < 4.78 is 5.10. The van der Waals surface area contributed by atoms with Crippen LogP contribution in [0.25, 0.3) is 0 Å². The molecule has 1 aliphatic heterocycles. The molecule has 0 saturated carbocycles. The largest absolute Gasteiger partial charge is 0.379 e. The summed E-state index contributed by atoms with van der Waals surface area (Å²) in [7, 11) is 2.11. The molecule has 0 aromatic heterocycles. The Morgan fingerprint density at radius 3 is 2.08 bits per heavy atom. The van der Waals surface area contributed by atoms with Gasteiger partial charge < -0.3 is 14.7 Å². The van der Waals surface area contributed by atoms with Crippen LogP contribution in [0, 0.1) is 11.3 Å². The maximum absolute atomic E-state index is 8.00. The van der Waals surface area contributed by atoms with E-state index in [1.54, 1.807) is 6.07 Å². The highest BCUT2D eigenvalue weighted by molar-refractivity contribution is 4.75. The van der Waals surface area contributed by atoms with Gasteiger partial charge in [-0.2, -0.15) is 5.26 Å². The first kappa shape index (κ1) is 11.4. The summed E-state index contributed by atoms with van der Waals surface area (Å²) >= 11 is 0. The molecule has 12 heavy (non-hydrogen) atoms. The van der Waals surface area contributed by atoms with Crippen LogP contribution in [0.15, 0.2) is 0 Å². The fourth-order valence-corrected chi connectivity index (χ4v) is 0.655. The summed E-state index contributed by atoms with van der Waals surface area (Å²) in [5.41, 5.74) is 0. The minimum absolute atomic E-state index is 0.810. The van der Waals surface area contributed by atoms with Gasteiger partial charge >= 0.3 is 0 Å². The summed E-state index contributed by atoms with van der Waals surface area (Å²) in [5, 5.41) is 15.6. The molecule has 1 heterocycles. The molecule has 1 saturated heterocycles. The molecule has 0 aromatic carbocycles. The van der Waals surface area contributed by atoms with Crippen molar-refractivity contribution in [2.24, 2.45) is 0 Å². The number of hydrogen-bond acceptors (Lipinski definition) is 4. The summed E-state index contributed by atoms with van der Waals surface area (Å²) in [5.74, 6) is 0. The van der Waals surface area contributed by atoms with Crippen LogP contribution in [-0.4, -0.2) is 49.5 Å². The first-order valence-electron chi connectivity index (χ1n) is 4.00. The lowest BCUT2D eigenvalue weighted by atomic mass is 10.5. The first-order chi connectivity index (χ1) is 5.66. The van der Waals surface area contributed by atoms with E-state index >= 15 is 0 Å². The third-order valence-electron chi connectivity index (χ3n) is 1.42. The highest BCUT2D eigenvalue weighted by atomic mass is 16.5. The SMILES string of the molecule is CC(O)C#N.CN1CCOCC1. The molecule has 0 radical (unpaired) electrons. The highest BCUT2D eigenvalue weighted by Gasteiger charge is 2.02. The number of aliphatic hydroxyl groups is 1. The fraction of sp³-hybridized carbons (Fsp3) is 0.875. The normalized spacial score (nSPS) is 20.2. The lowest BCUT2D eigenvalue weighted by Crippen LogP contribution is -2.32. The van der Waals surface area contributed by atoms with Gasteiger partial charge in [0.15, 0.2) is 0 Å². The molecule has 0 amide bonds. The second-order valence-electron chi connectivity index (χ2n) is 2.72. The quantitative estimate of drug-likeness (QED) is 0.516. The molecular formula is C8H16N2O2. The van der Waals surface area contributed by atoms with Gasteiger partial charge in [0.1, 0.15) is 6.10 Å². The first-order valence-corrected chi connectivity index (χ1v) is 4.00. The van der Waals surface area contributed by atoms with E-state index < -0.39 is 6.10 Å². The van der Waals surface area contributed by atoms with Gasteiger partial charge in [0.2, 0.25) is 0 Å². The van der Waals surface area contributed by atoms with Crippen molar-refractivity contribution >= 4 is 0 Å². The number of likely N-dealkylation sites (N-methyl/N-ethyl adjacent to an activating group) is 1. The molecular weight excluding hydrogens is 156 g/mol. The minimum atomic E-state index is -0.810. The predicted molar refractivity (Wildman–Crippen MR) is 45.6 cm³/mol. The second kappa shape index (κ2) is 7.04. The van der Waals surface area contributed by atoms with Crippen LogP contribution < -0.4 is 0 Å². The summed E-state index contributed by atoms with van der Waals surface area (Å²) in [6.45, 7) is 5.44. The maximum atomic E-state index is 8.00. The van der Waals surface area contributed by atoms with Gasteiger partial charge in [0.25, 0.3) is 0 Å². The number of nitriles is 1. The monoisotopic (exact) mass is 172 g/mol. The number of ether oxygens (including phenoxy) is 1. The van der Waals surface area contributed by atoms with Gasteiger partial charge in [0, 0.05) is 13.1 Å². The minimum Gasteiger partial charge on any atom is -0.379 e. The van der Waals surface area contributed by atoms with Gasteiger partial charge in [0.05, 0.1) is 19.3 Å². The Morgan fingerprint density at radius 2 is 1.92 bits per heavy atom. The van der Waals surface area contributed by atoms with E-state index in [0.717, 1.165) is 26.3 Å². The lowest BCUT2D eigenvalue weighted by molar-refractivity contribution is 0.0503. The lowest BCUT2D eigenvalue weighted by Gasteiger charge is -2.21. The van der Waals surface area contributed by atoms with Crippen molar-refractivity contribution in [1.82, 2.24) is 4.90 Å². The van der Waals surface area contributed by atoms with Gasteiger partial charge in [-0.1, -0.05) is 0 Å². The van der Waals surface area contributed by atoms with E-state index in [1.165, 1.54) is 6.92 Å². The van der Waals surface area contributed by atoms with Gasteiger partial charge in [-0.15, -0.1) is 0 Å². The molecule has 70 valence electrons. The summed E-state index contributed by atoms with van der Waals surface area (Å²) in [6.07, 6.45) is -0.810. The molecule has 0 aromatic rings. The van der Waals surface area contributed by atoms with Crippen LogP contribution >= 0.6 is 0 Å². The van der Waals surface area contributed by atoms with Crippen LogP contribution in [0.5, 0.6) is 0 Å². The third-order valence-corrected chi connectivity index (χ3v) is 1.42. The molecule has 1 aliphatic rings. The van der Waals surface area contributed by atoms with Crippen LogP contribution in [-0.2, 0) is 4.74 Å². The van der Waals surface area contributed by atoms with Crippen molar-refractivity contribution in [1.29, 1.82) is 5.26 Å². The number of rotatable bonds is 0. The molecule has 0 spiro atoms. The predicted octanol–water partition coefficient (Wildman–Crippen LogP) is -0.161. The Kier molecular flexibility index (Phi) is 6.67. The number of hydrogen-bond donors (Lipinski definition) is 1. The summed E-state index contributed by atoms with van der Waals surface area (Å²) in [6, 6.07) is 1.58. The fourth-order valence-electron chi connectivity index (χ4n) is 0.655. The molecule has 1 unspecified atom stereocenters. The zero-order valence-corrected chi connectivity index (χ0v) is 7.66. The third kappa shape index (κ3) is 7.48. The van der Waals surface area contributed by atoms with Crippen molar-refractivity contribution in [2.45, 2.75) is 13.0 Å². The molecule has 1 rings (SSSR count). The van der Waals surface area contributed by atoms with Crippen molar-refractivity contribution in [2.75, 3.05) is 33.4 Å². The Morgan fingerprint density at radius 1 is 1.50 bits per heavy atom. The van der Waals surface area contributed by atoms with E-state index in [1.807, 2.05) is 0 Å². The van der Waals surface area contributed by atoms with E-state index in [2.05, 4.69) is 11.9 Å². The van der Waals surface area contributed by atoms with Crippen LogP contribution in [0.3, 0.4) is 0 Å². The Hall–Kier alpha value is -0.630. The standard InChI is InChI=1S/C5H11NO.C3H5NO/c1-6-2-4-7-5-3-6;1-3(5)2-4/h2-5H2,1H3;3,5H,1H3. The van der Waals surface area contributed by atoms with Crippen LogP contribution in [0.4, 0.5) is 0 Å². The highest BCUT2D eigenvalue weighted by Crippen LogP contribution is 1.89. The van der Waals surface area contributed by atoms with Crippen molar-refractivity contribution in [3.05, 3.63) is 0 Å². The zero-order chi connectivity index (χ0) is 9.40. The van der Waals surface area contributed by atoms with E-state index in [9.17, 15) is 0 Å². The van der Waals surface area contributed by atoms with E-state index in [0.29, 0.717) is 0 Å². The van der Waals surface area contributed by atoms with Crippen molar-refractivity contribution < 1.29 is 9.84 Å². The number of morpholine rings is 1. The average Bonchev–Trinajstić information content (AvgIpc) is 2.07. The molecule has 0 aliphatic carbocycles. The molecule has 1 N–H and O–H groups in total. The second-order valence-corrected chi connectivity index (χ2v) is 2.72. The van der Waals surface area contributed by atoms with E-state index in [-0.39, 0.29) is 0 Å². The van der Waals surface area contributed by atoms with Crippen molar-refractivity contribution in [3.8, 4) is 6.07 Å². The topological polar surface area (TPSA) is 56.5 Å².